The van der Waals surface area contributed by atoms with Crippen molar-refractivity contribution < 1.29 is 13.6 Å². The van der Waals surface area contributed by atoms with E-state index in [0.29, 0.717) is 5.52 Å². The number of fused-ring (bicyclic) bond motifs is 1. The lowest BCUT2D eigenvalue weighted by Crippen LogP contribution is -2.16. The number of imidazole rings is 1. The van der Waals surface area contributed by atoms with E-state index in [1.807, 2.05) is 18.2 Å². The Morgan fingerprint density at radius 1 is 1.14 bits per heavy atom. The van der Waals surface area contributed by atoms with Crippen LogP contribution in [0.5, 0.6) is 0 Å². The van der Waals surface area contributed by atoms with Gasteiger partial charge in [0, 0.05) is 5.56 Å². The molecule has 0 unspecified atom stereocenters. The highest BCUT2D eigenvalue weighted by atomic mass is 19.2. The predicted molar refractivity (Wildman–Crippen MR) is 74.8 cm³/mol. The third kappa shape index (κ3) is 2.74. The van der Waals surface area contributed by atoms with E-state index in [1.54, 1.807) is 6.07 Å². The lowest BCUT2D eigenvalue weighted by molar-refractivity contribution is -0.115. The van der Waals surface area contributed by atoms with Crippen LogP contribution >= 0.6 is 0 Å². The summed E-state index contributed by atoms with van der Waals surface area (Å²) in [5, 5.41) is 2.53. The van der Waals surface area contributed by atoms with Crippen LogP contribution in [-0.4, -0.2) is 15.9 Å². The highest BCUT2D eigenvalue weighted by Crippen LogP contribution is 2.15. The monoisotopic (exact) mass is 287 g/mol. The molecular weight excluding hydrogens is 276 g/mol. The Morgan fingerprint density at radius 2 is 1.95 bits per heavy atom. The van der Waals surface area contributed by atoms with Gasteiger partial charge in [0.2, 0.25) is 11.9 Å². The van der Waals surface area contributed by atoms with E-state index >= 15 is 0 Å². The summed E-state index contributed by atoms with van der Waals surface area (Å²) in [7, 11) is 0. The van der Waals surface area contributed by atoms with E-state index in [1.165, 1.54) is 12.1 Å². The van der Waals surface area contributed by atoms with Crippen molar-refractivity contribution >= 4 is 22.9 Å². The van der Waals surface area contributed by atoms with Gasteiger partial charge in [0.15, 0.2) is 11.6 Å². The molecule has 3 aromatic rings. The summed E-state index contributed by atoms with van der Waals surface area (Å²) in [6.07, 6.45) is -0.263. The van der Waals surface area contributed by atoms with Crippen molar-refractivity contribution in [2.45, 2.75) is 6.42 Å². The molecule has 0 saturated heterocycles. The Balaban J connectivity index is 1.75. The van der Waals surface area contributed by atoms with Crippen molar-refractivity contribution in [2.24, 2.45) is 0 Å². The summed E-state index contributed by atoms with van der Waals surface area (Å²) in [4.78, 5) is 19.0. The van der Waals surface area contributed by atoms with Gasteiger partial charge in [0.25, 0.3) is 0 Å². The molecule has 106 valence electrons. The second-order valence-electron chi connectivity index (χ2n) is 4.54. The minimum atomic E-state index is -1.00. The number of hydrogen-bond acceptors (Lipinski definition) is 2. The first-order valence-corrected chi connectivity index (χ1v) is 6.31. The Hall–Kier alpha value is -2.76. The maximum atomic E-state index is 13.5. The number of aromatic nitrogens is 2. The number of amides is 1. The van der Waals surface area contributed by atoms with Crippen molar-refractivity contribution in [1.29, 1.82) is 0 Å². The molecule has 0 fully saturated rings. The molecule has 0 aliphatic carbocycles. The van der Waals surface area contributed by atoms with Crippen LogP contribution in [0.1, 0.15) is 5.56 Å². The summed E-state index contributed by atoms with van der Waals surface area (Å²) >= 11 is 0. The van der Waals surface area contributed by atoms with E-state index in [4.69, 9.17) is 0 Å². The van der Waals surface area contributed by atoms with Gasteiger partial charge in [-0.1, -0.05) is 24.3 Å². The lowest BCUT2D eigenvalue weighted by atomic mass is 10.1. The smallest absolute Gasteiger partial charge is 0.231 e. The van der Waals surface area contributed by atoms with Crippen LogP contribution in [0.15, 0.2) is 42.5 Å². The number of nitrogens with one attached hydrogen (secondary N) is 2. The van der Waals surface area contributed by atoms with Gasteiger partial charge in [0.05, 0.1) is 17.5 Å². The number of carbonyl (C=O) groups is 1. The first-order valence-electron chi connectivity index (χ1n) is 6.31. The Bertz CT molecular complexity index is 781. The van der Waals surface area contributed by atoms with Gasteiger partial charge in [-0.3, -0.25) is 10.1 Å². The minimum Gasteiger partial charge on any atom is -0.324 e. The second-order valence-corrected chi connectivity index (χ2v) is 4.54. The molecule has 0 bridgehead atoms. The number of nitrogens with zero attached hydrogens (tertiary/aromatic N) is 1. The molecule has 0 radical (unpaired) electrons. The van der Waals surface area contributed by atoms with E-state index in [0.717, 1.165) is 11.6 Å². The fraction of sp³-hybridized carbons (Fsp3) is 0.0667. The highest BCUT2D eigenvalue weighted by Gasteiger charge is 2.13. The summed E-state index contributed by atoms with van der Waals surface area (Å²) in [5.74, 6) is -2.17. The number of halogens is 2. The van der Waals surface area contributed by atoms with Crippen LogP contribution in [0, 0.1) is 11.6 Å². The van der Waals surface area contributed by atoms with Gasteiger partial charge < -0.3 is 4.98 Å². The van der Waals surface area contributed by atoms with Crippen LogP contribution in [0.25, 0.3) is 11.0 Å². The van der Waals surface area contributed by atoms with Crippen LogP contribution in [-0.2, 0) is 11.2 Å². The van der Waals surface area contributed by atoms with Crippen molar-refractivity contribution in [3.63, 3.8) is 0 Å². The van der Waals surface area contributed by atoms with E-state index in [2.05, 4.69) is 15.3 Å². The molecule has 4 nitrogen and oxygen atoms in total. The normalized spacial score (nSPS) is 10.8. The Kier molecular flexibility index (Phi) is 3.35. The molecule has 3 rings (SSSR count). The largest absolute Gasteiger partial charge is 0.324 e. The zero-order chi connectivity index (χ0) is 14.8. The van der Waals surface area contributed by atoms with Gasteiger partial charge in [-0.25, -0.2) is 13.8 Å². The molecule has 0 atom stereocenters. The fourth-order valence-electron chi connectivity index (χ4n) is 2.05. The zero-order valence-electron chi connectivity index (χ0n) is 10.9. The summed E-state index contributed by atoms with van der Waals surface area (Å²) in [6, 6.07) is 11.0. The van der Waals surface area contributed by atoms with Crippen LogP contribution in [0.2, 0.25) is 0 Å². The molecule has 1 heterocycles. The molecular formula is C15H11F2N3O. The molecule has 21 heavy (non-hydrogen) atoms. The molecule has 0 aliphatic heterocycles. The van der Waals surface area contributed by atoms with Crippen LogP contribution < -0.4 is 5.32 Å². The molecule has 0 saturated carbocycles. The van der Waals surface area contributed by atoms with E-state index < -0.39 is 17.5 Å². The van der Waals surface area contributed by atoms with Gasteiger partial charge in [-0.2, -0.15) is 0 Å². The predicted octanol–water partition coefficient (Wildman–Crippen LogP) is 3.02. The lowest BCUT2D eigenvalue weighted by Gasteiger charge is -2.04. The first kappa shape index (κ1) is 13.2. The topological polar surface area (TPSA) is 57.8 Å². The number of para-hydroxylation sites is 2. The maximum Gasteiger partial charge on any atom is 0.231 e. The molecule has 2 N–H and O–H groups in total. The van der Waals surface area contributed by atoms with Gasteiger partial charge >= 0.3 is 0 Å². The summed E-state index contributed by atoms with van der Waals surface area (Å²) in [6.45, 7) is 0. The molecule has 1 amide bonds. The molecule has 2 aromatic carbocycles. The van der Waals surface area contributed by atoms with Crippen molar-refractivity contribution in [3.05, 3.63) is 59.7 Å². The molecule has 0 aliphatic rings. The highest BCUT2D eigenvalue weighted by molar-refractivity contribution is 5.92. The zero-order valence-corrected chi connectivity index (χ0v) is 10.9. The van der Waals surface area contributed by atoms with Gasteiger partial charge in [-0.05, 0) is 18.2 Å². The van der Waals surface area contributed by atoms with Crippen molar-refractivity contribution in [3.8, 4) is 0 Å². The SMILES string of the molecule is O=C(Cc1cccc(F)c1F)Nc1nc2ccccc2[nH]1. The summed E-state index contributed by atoms with van der Waals surface area (Å²) < 4.78 is 26.6. The molecule has 6 heteroatoms. The van der Waals surface area contributed by atoms with Gasteiger partial charge in [0.1, 0.15) is 0 Å². The third-order valence-electron chi connectivity index (χ3n) is 3.03. The Morgan fingerprint density at radius 3 is 2.76 bits per heavy atom. The number of rotatable bonds is 3. The average molecular weight is 287 g/mol. The number of aromatic amines is 1. The van der Waals surface area contributed by atoms with E-state index in [9.17, 15) is 13.6 Å². The number of benzene rings is 2. The quantitative estimate of drug-likeness (QED) is 0.778. The van der Waals surface area contributed by atoms with Gasteiger partial charge in [-0.15, -0.1) is 0 Å². The van der Waals surface area contributed by atoms with Crippen molar-refractivity contribution in [1.82, 2.24) is 9.97 Å². The van der Waals surface area contributed by atoms with E-state index in [-0.39, 0.29) is 17.9 Å². The minimum absolute atomic E-state index is 0.00334. The fourth-order valence-corrected chi connectivity index (χ4v) is 2.05. The number of H-pyrrole nitrogens is 1. The first-order chi connectivity index (χ1) is 10.1. The van der Waals surface area contributed by atoms with Crippen molar-refractivity contribution in [2.75, 3.05) is 5.32 Å². The summed E-state index contributed by atoms with van der Waals surface area (Å²) in [5.41, 5.74) is 1.50. The number of hydrogen-bond donors (Lipinski definition) is 2. The number of anilines is 1. The van der Waals surface area contributed by atoms with Crippen LogP contribution in [0.3, 0.4) is 0 Å². The molecule has 0 spiro atoms. The Labute approximate surface area is 118 Å². The third-order valence-corrected chi connectivity index (χ3v) is 3.03. The maximum absolute atomic E-state index is 13.5. The number of carbonyl (C=O) groups excluding carboxylic acids is 1. The standard InChI is InChI=1S/C15H11F2N3O/c16-10-5-3-4-9(14(10)17)8-13(21)20-15-18-11-6-1-2-7-12(11)19-15/h1-7H,8H2,(H2,18,19,20,21). The second kappa shape index (κ2) is 5.32. The molecule has 1 aromatic heterocycles. The average Bonchev–Trinajstić information content (AvgIpc) is 2.86. The van der Waals surface area contributed by atoms with Crippen LogP contribution in [0.4, 0.5) is 14.7 Å².